The highest BCUT2D eigenvalue weighted by Gasteiger charge is 2.47. The molecule has 0 atom stereocenters. The van der Waals surface area contributed by atoms with Crippen molar-refractivity contribution in [3.8, 4) is 44.8 Å². The van der Waals surface area contributed by atoms with Gasteiger partial charge >= 0.3 is 0 Å². The molecule has 6 heteroatoms. The predicted octanol–water partition coefficient (Wildman–Crippen LogP) is 18.1. The summed E-state index contributed by atoms with van der Waals surface area (Å²) in [7, 11) is 0. The quantitative estimate of drug-likeness (QED) is 0.143. The zero-order valence-corrected chi connectivity index (χ0v) is 43.9. The minimum atomic E-state index is -0.896. The van der Waals surface area contributed by atoms with Crippen LogP contribution in [-0.4, -0.2) is 20.9 Å². The molecule has 2 amide bonds. The Bertz CT molecular complexity index is 4450. The molecule has 14 aromatic rings. The van der Waals surface area contributed by atoms with Crippen LogP contribution in [0.15, 0.2) is 291 Å². The van der Waals surface area contributed by atoms with Crippen LogP contribution in [0.4, 0.5) is 11.4 Å². The summed E-state index contributed by atoms with van der Waals surface area (Å²) >= 11 is 0. The number of aromatic nitrogens is 2. The van der Waals surface area contributed by atoms with Crippen LogP contribution >= 0.6 is 0 Å². The van der Waals surface area contributed by atoms with Gasteiger partial charge in [0.2, 0.25) is 0 Å². The molecule has 1 aliphatic carbocycles. The number of hydrogen-bond donors (Lipinski definition) is 2. The van der Waals surface area contributed by atoms with Gasteiger partial charge in [0.15, 0.2) is 0 Å². The van der Waals surface area contributed by atoms with Crippen molar-refractivity contribution in [1.82, 2.24) is 9.13 Å². The number of rotatable bonds is 10. The second-order valence-corrected chi connectivity index (χ2v) is 20.9. The van der Waals surface area contributed by atoms with Gasteiger partial charge < -0.3 is 19.8 Å². The number of benzene rings is 12. The Morgan fingerprint density at radius 2 is 0.630 bits per heavy atom. The Morgan fingerprint density at radius 1 is 0.296 bits per heavy atom. The summed E-state index contributed by atoms with van der Waals surface area (Å²) < 4.78 is 4.74. The lowest BCUT2D eigenvalue weighted by Crippen LogP contribution is -2.29. The van der Waals surface area contributed by atoms with E-state index in [1.807, 2.05) is 84.9 Å². The van der Waals surface area contributed by atoms with E-state index in [0.717, 1.165) is 89.1 Å². The van der Waals surface area contributed by atoms with E-state index in [4.69, 9.17) is 0 Å². The lowest BCUT2D eigenvalue weighted by atomic mass is 9.67. The highest BCUT2D eigenvalue weighted by molar-refractivity contribution is 6.12. The number of fused-ring (bicyclic) bond motifs is 9. The number of carbonyl (C=O) groups excluding carboxylic acids is 2. The van der Waals surface area contributed by atoms with Gasteiger partial charge in [-0.3, -0.25) is 9.59 Å². The molecule has 0 fully saturated rings. The van der Waals surface area contributed by atoms with Crippen LogP contribution in [0.3, 0.4) is 0 Å². The first kappa shape index (κ1) is 47.4. The second kappa shape index (κ2) is 19.3. The zero-order valence-electron chi connectivity index (χ0n) is 43.9. The van der Waals surface area contributed by atoms with Crippen molar-refractivity contribution in [3.05, 3.63) is 325 Å². The molecular weight excluding hydrogens is 989 g/mol. The third kappa shape index (κ3) is 7.87. The summed E-state index contributed by atoms with van der Waals surface area (Å²) in [5.41, 5.74) is 19.3. The summed E-state index contributed by atoms with van der Waals surface area (Å²) in [6.07, 6.45) is 0. The topological polar surface area (TPSA) is 68.1 Å². The van der Waals surface area contributed by atoms with Gasteiger partial charge in [0.25, 0.3) is 11.8 Å². The van der Waals surface area contributed by atoms with E-state index in [2.05, 4.69) is 226 Å². The fourth-order valence-corrected chi connectivity index (χ4v) is 12.7. The first-order valence-electron chi connectivity index (χ1n) is 27.4. The molecule has 0 unspecified atom stereocenters. The van der Waals surface area contributed by atoms with Crippen LogP contribution in [0.25, 0.3) is 88.4 Å². The summed E-state index contributed by atoms with van der Waals surface area (Å²) in [4.78, 5) is 27.3. The van der Waals surface area contributed by atoms with Crippen molar-refractivity contribution in [2.75, 3.05) is 10.6 Å². The van der Waals surface area contributed by atoms with E-state index in [1.165, 1.54) is 21.5 Å². The first-order valence-corrected chi connectivity index (χ1v) is 27.4. The second-order valence-electron chi connectivity index (χ2n) is 20.9. The van der Waals surface area contributed by atoms with Crippen molar-refractivity contribution in [2.24, 2.45) is 0 Å². The summed E-state index contributed by atoms with van der Waals surface area (Å²) in [5, 5.41) is 11.1. The van der Waals surface area contributed by atoms with Gasteiger partial charge in [-0.1, -0.05) is 182 Å². The molecule has 2 N–H and O–H groups in total. The Hall–Kier alpha value is -10.8. The van der Waals surface area contributed by atoms with Crippen molar-refractivity contribution in [3.63, 3.8) is 0 Å². The van der Waals surface area contributed by atoms with E-state index < -0.39 is 5.41 Å². The molecule has 0 radical (unpaired) electrons. The van der Waals surface area contributed by atoms with Crippen molar-refractivity contribution >= 4 is 66.8 Å². The Morgan fingerprint density at radius 3 is 1.04 bits per heavy atom. The average molecular weight is 1040 g/mol. The Labute approximate surface area is 468 Å². The average Bonchev–Trinajstić information content (AvgIpc) is 4.23. The molecule has 0 saturated carbocycles. The van der Waals surface area contributed by atoms with E-state index in [0.29, 0.717) is 22.5 Å². The number of anilines is 2. The number of nitrogens with zero attached hydrogens (tertiary/aromatic N) is 2. The fraction of sp³-hybridized carbons (Fsp3) is 0.0133. The van der Waals surface area contributed by atoms with Crippen LogP contribution in [0.5, 0.6) is 0 Å². The first-order chi connectivity index (χ1) is 40.0. The molecule has 2 heterocycles. The Kier molecular flexibility index (Phi) is 11.3. The highest BCUT2D eigenvalue weighted by atomic mass is 16.2. The summed E-state index contributed by atoms with van der Waals surface area (Å²) in [6, 6.07) is 101. The van der Waals surface area contributed by atoms with Crippen LogP contribution in [0.2, 0.25) is 0 Å². The van der Waals surface area contributed by atoms with E-state index in [9.17, 15) is 9.59 Å². The number of nitrogens with one attached hydrogen (secondary N) is 2. The minimum absolute atomic E-state index is 0.177. The van der Waals surface area contributed by atoms with Gasteiger partial charge in [-0.15, -0.1) is 0 Å². The smallest absolute Gasteiger partial charge is 0.255 e. The maximum absolute atomic E-state index is 13.6. The van der Waals surface area contributed by atoms with Crippen molar-refractivity contribution < 1.29 is 9.59 Å². The van der Waals surface area contributed by atoms with Crippen LogP contribution in [0, 0.1) is 0 Å². The molecule has 2 aromatic heterocycles. The maximum atomic E-state index is 13.6. The summed E-state index contributed by atoms with van der Waals surface area (Å²) in [5.74, 6) is -0.354. The van der Waals surface area contributed by atoms with E-state index in [-0.39, 0.29) is 11.8 Å². The number of amides is 2. The van der Waals surface area contributed by atoms with E-state index >= 15 is 0 Å². The number of hydrogen-bond acceptors (Lipinski definition) is 2. The Balaban J connectivity index is 0.949. The van der Waals surface area contributed by atoms with Crippen LogP contribution in [0.1, 0.15) is 43.0 Å². The molecule has 0 saturated heterocycles. The molecular formula is C75H50N4O2. The van der Waals surface area contributed by atoms with Gasteiger partial charge in [-0.2, -0.15) is 0 Å². The van der Waals surface area contributed by atoms with Crippen molar-refractivity contribution in [1.29, 1.82) is 0 Å². The standard InChI is InChI=1S/C75H50N4O2/c80-73(49-17-5-1-6-18-49)76-57-37-33-55(34-38-57)75(56-35-39-58(40-36-56)77-74(81)50-19-7-2-8-20-50)67-45-51(53-31-43-65-63-25-13-15-27-69(63)78(71(65)47-53)59-21-9-3-10-22-59)29-41-61(67)62-42-30-52(46-68(62)75)54-32-44-66-64-26-14-16-28-70(64)79(72(66)48-54)60-23-11-4-12-24-60/h1-48H,(H,76,80)(H,77,81). The molecule has 0 aliphatic heterocycles. The largest absolute Gasteiger partial charge is 0.322 e. The minimum Gasteiger partial charge on any atom is -0.322 e. The van der Waals surface area contributed by atoms with Crippen LogP contribution in [-0.2, 0) is 5.41 Å². The number of para-hydroxylation sites is 4. The third-order valence-corrected chi connectivity index (χ3v) is 16.4. The lowest BCUT2D eigenvalue weighted by Gasteiger charge is -2.34. The summed E-state index contributed by atoms with van der Waals surface area (Å²) in [6.45, 7) is 0. The third-order valence-electron chi connectivity index (χ3n) is 16.4. The predicted molar refractivity (Wildman–Crippen MR) is 332 cm³/mol. The fourth-order valence-electron chi connectivity index (χ4n) is 12.7. The van der Waals surface area contributed by atoms with Gasteiger partial charge in [-0.05, 0) is 165 Å². The molecule has 6 nitrogen and oxygen atoms in total. The van der Waals surface area contributed by atoms with Gasteiger partial charge in [0.1, 0.15) is 0 Å². The molecule has 0 bridgehead atoms. The zero-order chi connectivity index (χ0) is 54.0. The van der Waals surface area contributed by atoms with Crippen molar-refractivity contribution in [2.45, 2.75) is 5.41 Å². The van der Waals surface area contributed by atoms with Gasteiger partial charge in [0.05, 0.1) is 27.5 Å². The molecule has 81 heavy (non-hydrogen) atoms. The monoisotopic (exact) mass is 1040 g/mol. The van der Waals surface area contributed by atoms with E-state index in [1.54, 1.807) is 0 Å². The lowest BCUT2D eigenvalue weighted by molar-refractivity contribution is 0.101. The molecule has 15 rings (SSSR count). The van der Waals surface area contributed by atoms with Gasteiger partial charge in [0, 0.05) is 55.4 Å². The molecule has 1 aliphatic rings. The molecule has 382 valence electrons. The molecule has 0 spiro atoms. The van der Waals surface area contributed by atoms with Crippen LogP contribution < -0.4 is 10.6 Å². The normalized spacial score (nSPS) is 12.4. The molecule has 12 aromatic carbocycles. The SMILES string of the molecule is O=C(Nc1ccc(C2(c3ccc(NC(=O)c4ccccc4)cc3)c3cc(-c4ccc5c6ccccc6n(-c6ccccc6)c5c4)ccc3-c3ccc(-c4ccc5c6ccccc6n(-c6ccccc6)c5c4)cc32)cc1)c1ccccc1. The maximum Gasteiger partial charge on any atom is 0.255 e. The highest BCUT2D eigenvalue weighted by Crippen LogP contribution is 2.58. The number of carbonyl (C=O) groups is 2. The van der Waals surface area contributed by atoms with Gasteiger partial charge in [-0.25, -0.2) is 0 Å².